The van der Waals surface area contributed by atoms with E-state index in [4.69, 9.17) is 9.15 Å². The third-order valence-corrected chi connectivity index (χ3v) is 9.32. The van der Waals surface area contributed by atoms with Gasteiger partial charge in [-0.1, -0.05) is 83.6 Å². The number of carbonyl (C=O) groups excluding carboxylic acids is 3. The molecule has 10 heteroatoms. The van der Waals surface area contributed by atoms with E-state index in [0.717, 1.165) is 28.0 Å². The first kappa shape index (κ1) is 28.4. The number of thiazole rings is 1. The van der Waals surface area contributed by atoms with Gasteiger partial charge in [0.25, 0.3) is 11.8 Å². The number of para-hydroxylation sites is 1. The highest BCUT2D eigenvalue weighted by Gasteiger charge is 2.66. The Balaban J connectivity index is 1.52. The van der Waals surface area contributed by atoms with Crippen molar-refractivity contribution in [2.45, 2.75) is 32.9 Å². The summed E-state index contributed by atoms with van der Waals surface area (Å²) in [6.45, 7) is 9.22. The predicted octanol–water partition coefficient (Wildman–Crippen LogP) is 5.97. The molecular weight excluding hydrogens is 590 g/mol. The van der Waals surface area contributed by atoms with Gasteiger partial charge in [-0.3, -0.25) is 19.3 Å². The molecule has 0 bridgehead atoms. The van der Waals surface area contributed by atoms with E-state index in [1.165, 1.54) is 11.0 Å². The van der Waals surface area contributed by atoms with Gasteiger partial charge < -0.3 is 14.1 Å². The summed E-state index contributed by atoms with van der Waals surface area (Å²) in [6.07, 6.45) is 1.45. The minimum Gasteiger partial charge on any atom is -0.457 e. The molecule has 2 aromatic heterocycles. The zero-order valence-corrected chi connectivity index (χ0v) is 25.6. The molecule has 7 rings (SSSR count). The number of fused-ring (bicyclic) bond motifs is 5. The number of benzene rings is 3. The van der Waals surface area contributed by atoms with Gasteiger partial charge in [-0.05, 0) is 44.5 Å². The van der Waals surface area contributed by atoms with Crippen LogP contribution in [0.2, 0.25) is 0 Å². The average molecular weight is 618 g/mol. The minimum absolute atomic E-state index is 0.00621. The van der Waals surface area contributed by atoms with E-state index in [0.29, 0.717) is 16.9 Å². The topological polar surface area (TPSA) is 110 Å². The van der Waals surface area contributed by atoms with Gasteiger partial charge in [0.05, 0.1) is 28.9 Å². The van der Waals surface area contributed by atoms with Crippen molar-refractivity contribution in [1.82, 2.24) is 4.98 Å². The Bertz CT molecular complexity index is 2160. The largest absolute Gasteiger partial charge is 0.457 e. The lowest BCUT2D eigenvalue weighted by atomic mass is 9.84. The molecule has 2 aliphatic rings. The van der Waals surface area contributed by atoms with Crippen molar-refractivity contribution in [3.05, 3.63) is 134 Å². The fourth-order valence-corrected chi connectivity index (χ4v) is 7.31. The predicted molar refractivity (Wildman–Crippen MR) is 171 cm³/mol. The van der Waals surface area contributed by atoms with Crippen LogP contribution in [0.4, 0.5) is 10.8 Å². The van der Waals surface area contributed by atoms with Crippen LogP contribution in [-0.2, 0) is 21.6 Å². The van der Waals surface area contributed by atoms with Crippen molar-refractivity contribution in [3.63, 3.8) is 0 Å². The van der Waals surface area contributed by atoms with E-state index in [1.807, 2.05) is 44.2 Å². The number of aryl methyl sites for hydroxylation is 3. The molecule has 2 aliphatic heterocycles. The second-order valence-electron chi connectivity index (χ2n) is 11.2. The van der Waals surface area contributed by atoms with Crippen LogP contribution in [0.15, 0.2) is 88.6 Å². The summed E-state index contributed by atoms with van der Waals surface area (Å²) in [5.74, 6) is -2.07. The third kappa shape index (κ3) is 4.09. The molecule has 4 heterocycles. The lowest BCUT2D eigenvalue weighted by Crippen LogP contribution is -2.53. The number of aromatic nitrogens is 1. The molecule has 1 unspecified atom stereocenters. The van der Waals surface area contributed by atoms with Gasteiger partial charge in [-0.2, -0.15) is 0 Å². The van der Waals surface area contributed by atoms with Crippen molar-refractivity contribution < 1.29 is 23.5 Å². The van der Waals surface area contributed by atoms with Crippen LogP contribution in [0.3, 0.4) is 0 Å². The molecule has 9 nitrogen and oxygen atoms in total. The van der Waals surface area contributed by atoms with Crippen LogP contribution in [0, 0.1) is 20.8 Å². The summed E-state index contributed by atoms with van der Waals surface area (Å²) in [6, 6.07) is 20.1. The highest BCUT2D eigenvalue weighted by Crippen LogP contribution is 2.55. The van der Waals surface area contributed by atoms with Crippen molar-refractivity contribution in [1.29, 1.82) is 0 Å². The van der Waals surface area contributed by atoms with Crippen molar-refractivity contribution >= 4 is 50.9 Å². The Morgan fingerprint density at radius 2 is 1.80 bits per heavy atom. The van der Waals surface area contributed by atoms with Gasteiger partial charge in [-0.25, -0.2) is 9.78 Å². The van der Waals surface area contributed by atoms with Crippen molar-refractivity contribution in [2.24, 2.45) is 0 Å². The van der Waals surface area contributed by atoms with E-state index >= 15 is 4.79 Å². The fraction of sp³-hybridized carbons (Fsp3) is 0.171. The smallest absolute Gasteiger partial charge is 0.350 e. The maximum Gasteiger partial charge on any atom is 0.350 e. The summed E-state index contributed by atoms with van der Waals surface area (Å²) in [7, 11) is 0. The van der Waals surface area contributed by atoms with E-state index in [1.54, 1.807) is 48.2 Å². The second kappa shape index (κ2) is 10.4. The van der Waals surface area contributed by atoms with E-state index in [-0.39, 0.29) is 45.5 Å². The Morgan fingerprint density at radius 3 is 2.58 bits per heavy atom. The first-order chi connectivity index (χ1) is 21.7. The van der Waals surface area contributed by atoms with Gasteiger partial charge in [0.2, 0.25) is 5.76 Å². The Kier molecular flexibility index (Phi) is 6.56. The third-order valence-electron chi connectivity index (χ3n) is 8.20. The van der Waals surface area contributed by atoms with Crippen molar-refractivity contribution in [2.75, 3.05) is 16.4 Å². The molecule has 0 fully saturated rings. The normalized spacial score (nSPS) is 16.9. The summed E-state index contributed by atoms with van der Waals surface area (Å²) < 4.78 is 11.4. The lowest BCUT2D eigenvalue weighted by molar-refractivity contribution is -0.121. The van der Waals surface area contributed by atoms with Gasteiger partial charge in [-0.15, -0.1) is 0 Å². The van der Waals surface area contributed by atoms with Gasteiger partial charge >= 0.3 is 5.97 Å². The molecule has 3 aromatic carbocycles. The number of nitrogens with zero attached hydrogens (tertiary/aromatic N) is 3. The molecule has 2 amide bonds. The SMILES string of the molecule is C=CCOC(=O)c1sc(N2C(=O)c3oc4ccc(C)cc4c(=O)c3C23C(=O)N(Cc2cccc(C)c2)c2ccccc23)nc1C. The molecule has 0 radical (unpaired) electrons. The van der Waals surface area contributed by atoms with Gasteiger partial charge in [0.1, 0.15) is 17.1 Å². The lowest BCUT2D eigenvalue weighted by Gasteiger charge is -2.32. The molecule has 1 spiro atoms. The van der Waals surface area contributed by atoms with Gasteiger partial charge in [0, 0.05) is 5.56 Å². The number of ether oxygens (including phenoxy) is 1. The zero-order valence-electron chi connectivity index (χ0n) is 24.7. The monoisotopic (exact) mass is 617 g/mol. The average Bonchev–Trinajstić information content (AvgIpc) is 3.61. The second-order valence-corrected chi connectivity index (χ2v) is 12.2. The molecule has 5 aromatic rings. The number of hydrogen-bond acceptors (Lipinski definition) is 8. The van der Waals surface area contributed by atoms with E-state index in [9.17, 15) is 14.4 Å². The molecule has 45 heavy (non-hydrogen) atoms. The molecule has 0 saturated heterocycles. The van der Waals surface area contributed by atoms with Crippen LogP contribution < -0.4 is 15.2 Å². The molecule has 224 valence electrons. The van der Waals surface area contributed by atoms with Crippen molar-refractivity contribution in [3.8, 4) is 0 Å². The van der Waals surface area contributed by atoms with Crippen LogP contribution >= 0.6 is 11.3 Å². The van der Waals surface area contributed by atoms with Crippen LogP contribution in [0.1, 0.15) is 53.7 Å². The Morgan fingerprint density at radius 1 is 1.02 bits per heavy atom. The number of esters is 1. The van der Waals surface area contributed by atoms with Crippen LogP contribution in [0.25, 0.3) is 11.0 Å². The van der Waals surface area contributed by atoms with E-state index in [2.05, 4.69) is 11.6 Å². The van der Waals surface area contributed by atoms with Crippen LogP contribution in [-0.4, -0.2) is 29.4 Å². The summed E-state index contributed by atoms with van der Waals surface area (Å²) in [4.78, 5) is 64.6. The molecule has 0 N–H and O–H groups in total. The Labute approximate surface area is 262 Å². The summed E-state index contributed by atoms with van der Waals surface area (Å²) in [5, 5.41) is 0.323. The highest BCUT2D eigenvalue weighted by molar-refractivity contribution is 7.17. The zero-order chi connectivity index (χ0) is 31.6. The number of carbonyl (C=O) groups is 3. The molecule has 1 atom stereocenters. The maximum atomic E-state index is 15.1. The highest BCUT2D eigenvalue weighted by atomic mass is 32.1. The van der Waals surface area contributed by atoms with Gasteiger partial charge in [0.15, 0.2) is 16.1 Å². The first-order valence-corrected chi connectivity index (χ1v) is 15.1. The first-order valence-electron chi connectivity index (χ1n) is 14.3. The standard InChI is InChI=1S/C35H27N3O6S/c1-5-15-43-32(41)30-21(4)36-34(45-30)38-31(40)29-27(28(39)23-17-20(3)13-14-26(23)44-29)35(38)24-11-6-7-12-25(24)37(33(35)42)18-22-10-8-9-19(2)16-22/h5-14,16-17H,1,15,18H2,2-4H3. The summed E-state index contributed by atoms with van der Waals surface area (Å²) >= 11 is 0.918. The maximum absolute atomic E-state index is 15.1. The number of amides is 2. The number of rotatable bonds is 6. The molecule has 0 saturated carbocycles. The quantitative estimate of drug-likeness (QED) is 0.171. The molecule has 0 aliphatic carbocycles. The summed E-state index contributed by atoms with van der Waals surface area (Å²) in [5.41, 5.74) is 1.79. The number of anilines is 2. The minimum atomic E-state index is -1.93. The fourth-order valence-electron chi connectivity index (χ4n) is 6.29. The Hall–Kier alpha value is -5.35. The van der Waals surface area contributed by atoms with Crippen LogP contribution in [0.5, 0.6) is 0 Å². The van der Waals surface area contributed by atoms with E-state index < -0.39 is 28.8 Å². The molecular formula is C35H27N3O6S. The number of hydrogen-bond donors (Lipinski definition) is 0.